The molecule has 8 heteroatoms. The molecule has 1 unspecified atom stereocenters. The molecule has 3 aromatic carbocycles. The predicted molar refractivity (Wildman–Crippen MR) is 170 cm³/mol. The molecule has 1 aliphatic heterocycles. The van der Waals surface area contributed by atoms with E-state index in [4.69, 9.17) is 9.47 Å². The van der Waals surface area contributed by atoms with Gasteiger partial charge in [0.2, 0.25) is 0 Å². The van der Waals surface area contributed by atoms with Gasteiger partial charge in [-0.05, 0) is 48.1 Å². The molecule has 0 radical (unpaired) electrons. The molecule has 3 heterocycles. The van der Waals surface area contributed by atoms with Gasteiger partial charge in [-0.3, -0.25) is 14.8 Å². The molecule has 5 aromatic rings. The molecule has 224 valence electrons. The molecule has 0 spiro atoms. The van der Waals surface area contributed by atoms with Crippen molar-refractivity contribution in [3.8, 4) is 11.5 Å². The first-order valence-electron chi connectivity index (χ1n) is 15.0. The Morgan fingerprint density at radius 3 is 2.52 bits per heavy atom. The number of fused-ring (bicyclic) bond motifs is 1. The summed E-state index contributed by atoms with van der Waals surface area (Å²) in [5.74, 6) is -0.115. The maximum absolute atomic E-state index is 13.4. The Hall–Kier alpha value is -4.79. The molecule has 1 atom stereocenters. The van der Waals surface area contributed by atoms with Crippen LogP contribution in [0.15, 0.2) is 110 Å². The number of likely N-dealkylation sites (tertiary alicyclic amines) is 1. The number of benzene rings is 3. The van der Waals surface area contributed by atoms with E-state index in [1.54, 1.807) is 24.7 Å². The summed E-state index contributed by atoms with van der Waals surface area (Å²) in [4.78, 5) is 24.5. The molecule has 44 heavy (non-hydrogen) atoms. The third kappa shape index (κ3) is 7.05. The maximum atomic E-state index is 13.4. The van der Waals surface area contributed by atoms with Gasteiger partial charge in [-0.25, -0.2) is 0 Å². The van der Waals surface area contributed by atoms with Crippen molar-refractivity contribution in [2.75, 3.05) is 26.2 Å². The number of phenols is 1. The van der Waals surface area contributed by atoms with Crippen LogP contribution >= 0.6 is 0 Å². The number of rotatable bonds is 11. The maximum Gasteiger partial charge on any atom is 0.258 e. The van der Waals surface area contributed by atoms with Crippen LogP contribution in [0.5, 0.6) is 11.5 Å². The summed E-state index contributed by atoms with van der Waals surface area (Å²) in [6.45, 7) is 3.10. The van der Waals surface area contributed by atoms with E-state index in [1.165, 1.54) is 0 Å². The van der Waals surface area contributed by atoms with Crippen LogP contribution in [0, 0.1) is 0 Å². The fourth-order valence-electron chi connectivity index (χ4n) is 5.66. The Balaban J connectivity index is 1.06. The Labute approximate surface area is 257 Å². The zero-order chi connectivity index (χ0) is 30.1. The first kappa shape index (κ1) is 29.3. The summed E-state index contributed by atoms with van der Waals surface area (Å²) in [5, 5.41) is 15.5. The first-order valence-corrected chi connectivity index (χ1v) is 15.0. The molecule has 8 nitrogen and oxygen atoms in total. The van der Waals surface area contributed by atoms with E-state index in [1.807, 2.05) is 72.8 Å². The molecule has 1 amide bonds. The Kier molecular flexibility index (Phi) is 9.40. The lowest BCUT2D eigenvalue weighted by molar-refractivity contribution is -0.0282. The number of aromatic nitrogens is 2. The van der Waals surface area contributed by atoms with Crippen LogP contribution in [-0.2, 0) is 11.3 Å². The molecule has 0 saturated carbocycles. The Bertz CT molecular complexity index is 1620. The van der Waals surface area contributed by atoms with Gasteiger partial charge in [0, 0.05) is 55.7 Å². The quantitative estimate of drug-likeness (QED) is 0.198. The minimum atomic E-state index is -0.367. The van der Waals surface area contributed by atoms with Crippen molar-refractivity contribution in [1.82, 2.24) is 20.2 Å². The van der Waals surface area contributed by atoms with Crippen molar-refractivity contribution in [3.63, 3.8) is 0 Å². The second kappa shape index (κ2) is 14.1. The number of piperidine rings is 1. The highest BCUT2D eigenvalue weighted by Gasteiger charge is 2.26. The summed E-state index contributed by atoms with van der Waals surface area (Å²) in [5.41, 5.74) is 3.01. The summed E-state index contributed by atoms with van der Waals surface area (Å²) in [7, 11) is 0. The van der Waals surface area contributed by atoms with Crippen molar-refractivity contribution >= 4 is 16.7 Å². The summed E-state index contributed by atoms with van der Waals surface area (Å²) < 4.78 is 12.8. The van der Waals surface area contributed by atoms with Crippen molar-refractivity contribution in [3.05, 3.63) is 132 Å². The highest BCUT2D eigenvalue weighted by molar-refractivity contribution is 6.06. The monoisotopic (exact) mass is 588 g/mol. The van der Waals surface area contributed by atoms with Crippen molar-refractivity contribution in [2.24, 2.45) is 0 Å². The normalized spacial score (nSPS) is 14.7. The van der Waals surface area contributed by atoms with Gasteiger partial charge < -0.3 is 24.8 Å². The van der Waals surface area contributed by atoms with Gasteiger partial charge in [0.1, 0.15) is 29.8 Å². The lowest BCUT2D eigenvalue weighted by atomic mass is 10.0. The van der Waals surface area contributed by atoms with E-state index in [2.05, 4.69) is 32.3 Å². The lowest BCUT2D eigenvalue weighted by Crippen LogP contribution is -2.41. The standard InChI is InChI=1S/C36H36N4O4/c41-32-23-28-12-4-5-13-30(28)35(43-25-26-9-8-17-37-24-26)33(32)36(42)39-19-22-40-20-15-29(16-21-40)44-34(27-10-2-1-3-11-27)31-14-6-7-18-38-31/h1-14,17-18,23-24,29,34,41H,15-16,19-22,25H2,(H,39,42). The van der Waals surface area contributed by atoms with E-state index < -0.39 is 0 Å². The van der Waals surface area contributed by atoms with E-state index in [9.17, 15) is 9.90 Å². The summed E-state index contributed by atoms with van der Waals surface area (Å²) in [6, 6.07) is 29.1. The predicted octanol–water partition coefficient (Wildman–Crippen LogP) is 5.91. The Morgan fingerprint density at radius 2 is 1.75 bits per heavy atom. The van der Waals surface area contributed by atoms with Crippen LogP contribution < -0.4 is 10.1 Å². The SMILES string of the molecule is O=C(NCCN1CCC(OC(c2ccccc2)c2ccccn2)CC1)c1c(O)cc2ccccc2c1OCc1cccnc1. The molecule has 6 rings (SSSR count). The van der Waals surface area contributed by atoms with Gasteiger partial charge in [0.25, 0.3) is 5.91 Å². The van der Waals surface area contributed by atoms with Crippen LogP contribution in [-0.4, -0.2) is 58.2 Å². The van der Waals surface area contributed by atoms with E-state index in [0.29, 0.717) is 18.8 Å². The van der Waals surface area contributed by atoms with Crippen LogP contribution in [0.2, 0.25) is 0 Å². The first-order chi connectivity index (χ1) is 21.7. The van der Waals surface area contributed by atoms with Crippen LogP contribution in [0.25, 0.3) is 10.8 Å². The van der Waals surface area contributed by atoms with Gasteiger partial charge in [-0.2, -0.15) is 0 Å². The van der Waals surface area contributed by atoms with Gasteiger partial charge in [-0.1, -0.05) is 66.7 Å². The molecule has 0 aliphatic carbocycles. The van der Waals surface area contributed by atoms with Crippen molar-refractivity contribution in [1.29, 1.82) is 0 Å². The van der Waals surface area contributed by atoms with Crippen molar-refractivity contribution < 1.29 is 19.4 Å². The average molecular weight is 589 g/mol. The molecular weight excluding hydrogens is 552 g/mol. The molecular formula is C36H36N4O4. The minimum Gasteiger partial charge on any atom is -0.507 e. The molecule has 1 fully saturated rings. The fourth-order valence-corrected chi connectivity index (χ4v) is 5.66. The zero-order valence-electron chi connectivity index (χ0n) is 24.5. The topological polar surface area (TPSA) is 96.8 Å². The molecule has 1 saturated heterocycles. The smallest absolute Gasteiger partial charge is 0.258 e. The van der Waals surface area contributed by atoms with Crippen LogP contribution in [0.1, 0.15) is 46.1 Å². The third-order valence-electron chi connectivity index (χ3n) is 7.95. The largest absolute Gasteiger partial charge is 0.507 e. The summed E-state index contributed by atoms with van der Waals surface area (Å²) in [6.07, 6.45) is 6.91. The van der Waals surface area contributed by atoms with E-state index in [-0.39, 0.29) is 36.0 Å². The molecule has 1 aliphatic rings. The number of hydrogen-bond donors (Lipinski definition) is 2. The number of amides is 1. The zero-order valence-corrected chi connectivity index (χ0v) is 24.5. The number of carbonyl (C=O) groups is 1. The molecule has 0 bridgehead atoms. The highest BCUT2D eigenvalue weighted by Crippen LogP contribution is 2.37. The fraction of sp³-hybridized carbons (Fsp3) is 0.250. The van der Waals surface area contributed by atoms with Gasteiger partial charge in [0.15, 0.2) is 0 Å². The number of aromatic hydroxyl groups is 1. The average Bonchev–Trinajstić information content (AvgIpc) is 3.07. The van der Waals surface area contributed by atoms with E-state index in [0.717, 1.165) is 53.5 Å². The number of nitrogens with one attached hydrogen (secondary N) is 1. The summed E-state index contributed by atoms with van der Waals surface area (Å²) >= 11 is 0. The Morgan fingerprint density at radius 1 is 0.955 bits per heavy atom. The minimum absolute atomic E-state index is 0.110. The van der Waals surface area contributed by atoms with Gasteiger partial charge >= 0.3 is 0 Å². The van der Waals surface area contributed by atoms with Crippen LogP contribution in [0.4, 0.5) is 0 Å². The number of carbonyl (C=O) groups excluding carboxylic acids is 1. The van der Waals surface area contributed by atoms with Crippen molar-refractivity contribution in [2.45, 2.75) is 31.7 Å². The second-order valence-electron chi connectivity index (χ2n) is 10.9. The second-order valence-corrected chi connectivity index (χ2v) is 10.9. The number of nitrogens with zero attached hydrogens (tertiary/aromatic N) is 3. The molecule has 2 N–H and O–H groups in total. The number of pyridine rings is 2. The van der Waals surface area contributed by atoms with Crippen LogP contribution in [0.3, 0.4) is 0 Å². The number of phenolic OH excluding ortho intramolecular Hbond substituents is 1. The number of hydrogen-bond acceptors (Lipinski definition) is 7. The molecule has 2 aromatic heterocycles. The highest BCUT2D eigenvalue weighted by atomic mass is 16.5. The van der Waals surface area contributed by atoms with E-state index >= 15 is 0 Å². The lowest BCUT2D eigenvalue weighted by Gasteiger charge is -2.34. The number of ether oxygens (including phenoxy) is 2. The third-order valence-corrected chi connectivity index (χ3v) is 7.95. The van der Waals surface area contributed by atoms with Gasteiger partial charge in [0.05, 0.1) is 11.8 Å². The van der Waals surface area contributed by atoms with Gasteiger partial charge in [-0.15, -0.1) is 0 Å².